The Morgan fingerprint density at radius 1 is 0.750 bits per heavy atom. The molecule has 15 atom stereocenters. The molecule has 23 nitrogen and oxygen atoms in total. The molecule has 19 N–H and O–H groups in total. The van der Waals surface area contributed by atoms with Gasteiger partial charge < -0.3 is 107 Å². The topological polar surface area (TPSA) is 424 Å². The Morgan fingerprint density at radius 3 is 1.60 bits per heavy atom. The first-order valence-electron chi connectivity index (χ1n) is 14.5. The monoisotopic (exact) mass is 714 g/mol. The van der Waals surface area contributed by atoms with Crippen molar-refractivity contribution in [3.63, 3.8) is 0 Å². The lowest BCUT2D eigenvalue weighted by atomic mass is 9.97. The van der Waals surface area contributed by atoms with Crippen molar-refractivity contribution in [2.24, 2.45) is 5.73 Å². The Labute approximate surface area is 273 Å². The zero-order valence-corrected chi connectivity index (χ0v) is 25.6. The molecule has 0 aliphatic carbocycles. The third-order valence-electron chi connectivity index (χ3n) is 7.02. The van der Waals surface area contributed by atoms with Gasteiger partial charge in [0.2, 0.25) is 0 Å². The average Bonchev–Trinajstić information content (AvgIpc) is 3.63. The minimum absolute atomic E-state index is 0.269. The molecule has 23 heteroatoms. The van der Waals surface area contributed by atoms with E-state index >= 15 is 0 Å². The van der Waals surface area contributed by atoms with E-state index in [9.17, 15) is 45.3 Å². The van der Waals surface area contributed by atoms with E-state index in [-0.39, 0.29) is 12.6 Å². The Bertz CT molecular complexity index is 869. The summed E-state index contributed by atoms with van der Waals surface area (Å²) in [6.45, 7) is -2.22. The van der Waals surface area contributed by atoms with Gasteiger partial charge in [-0.05, 0) is 19.4 Å². The lowest BCUT2D eigenvalue weighted by Gasteiger charge is -2.45. The molecule has 0 aromatic carbocycles. The van der Waals surface area contributed by atoms with Crippen molar-refractivity contribution in [2.45, 2.75) is 105 Å². The van der Waals surface area contributed by atoms with Crippen LogP contribution in [0.2, 0.25) is 0 Å². The first-order chi connectivity index (χ1) is 22.4. The van der Waals surface area contributed by atoms with Gasteiger partial charge in [-0.1, -0.05) is 0 Å². The summed E-state index contributed by atoms with van der Waals surface area (Å²) in [6.07, 6.45) is -20.2. The third kappa shape index (κ3) is 14.6. The van der Waals surface area contributed by atoms with Crippen LogP contribution in [0, 0.1) is 0 Å². The second kappa shape index (κ2) is 23.6. The largest absolute Gasteiger partial charge is 0.480 e. The molecule has 0 aromatic rings. The van der Waals surface area contributed by atoms with Gasteiger partial charge in [0.1, 0.15) is 79.3 Å². The first-order valence-corrected chi connectivity index (χ1v) is 14.5. The number of aliphatic carboxylic acids is 2. The molecule has 0 radical (unpaired) electrons. The summed E-state index contributed by atoms with van der Waals surface area (Å²) in [4.78, 5) is 19.4. The minimum atomic E-state index is -1.74. The molecule has 3 aliphatic heterocycles. The van der Waals surface area contributed by atoms with Crippen molar-refractivity contribution >= 4 is 11.9 Å². The Kier molecular flexibility index (Phi) is 22.7. The fourth-order valence-corrected chi connectivity index (χ4v) is 4.14. The number of ether oxygens (including phenoxy) is 3. The number of carboxylic acid groups (broad SMARTS) is 2. The van der Waals surface area contributed by atoms with Crippen LogP contribution in [0.3, 0.4) is 0 Å². The Morgan fingerprint density at radius 2 is 1.25 bits per heavy atom. The SMILES string of the molecule is NCC(=O)O.O=C(O)[C@@H]1CCCN1.OC[C@@H](O)[C@@H](O)[C@H](O)[C@@H](O)CO.OC[C@H]1O[C@H](O[C@H]2[C@H](O)[C@@H](O)[C@H](O)O[C@@H]2CO)[C@H](O)[C@@H](O)[C@@H]1O. The molecule has 0 aromatic heterocycles. The van der Waals surface area contributed by atoms with Gasteiger partial charge in [0.15, 0.2) is 12.6 Å². The molecule has 48 heavy (non-hydrogen) atoms. The van der Waals surface area contributed by atoms with Gasteiger partial charge in [-0.25, -0.2) is 0 Å². The summed E-state index contributed by atoms with van der Waals surface area (Å²) in [5, 5.41) is 147. The number of aliphatic hydroxyl groups excluding tert-OH is 14. The van der Waals surface area contributed by atoms with Gasteiger partial charge in [-0.15, -0.1) is 0 Å². The Balaban J connectivity index is 0.000000733. The van der Waals surface area contributed by atoms with Crippen molar-refractivity contribution in [3.8, 4) is 0 Å². The smallest absolute Gasteiger partial charge is 0.320 e. The van der Waals surface area contributed by atoms with E-state index in [0.717, 1.165) is 19.4 Å². The van der Waals surface area contributed by atoms with E-state index in [1.165, 1.54) is 0 Å². The molecule has 0 bridgehead atoms. The zero-order chi connectivity index (χ0) is 37.3. The standard InChI is InChI=1S/C12H22O11.C6H14O6.C5H9NO2.C2H5NO2/c13-1-3-5(15)6(16)9(19)12(22-3)23-10-4(2-14)21-11(20)8(18)7(10)17;7-1-3(9)5(11)6(12)4(10)2-8;7-5(8)4-2-1-3-6-4;3-1-2(4)5/h3-20H,1-2H2;3-12H,1-2H2;4,6H,1-3H2,(H,7,8);1,3H2,(H,4,5)/t3-,4-,5-,6+,7-,8-,9-,10-,11-,12-;3-,4+,5-,6-;4-;/m110./s1. The second-order valence-corrected chi connectivity index (χ2v) is 10.6. The van der Waals surface area contributed by atoms with Crippen LogP contribution in [0.4, 0.5) is 0 Å². The molecule has 0 amide bonds. The molecule has 0 unspecified atom stereocenters. The molecule has 3 heterocycles. The highest BCUT2D eigenvalue weighted by Crippen LogP contribution is 2.28. The van der Waals surface area contributed by atoms with Crippen LogP contribution in [-0.4, -0.2) is 225 Å². The van der Waals surface area contributed by atoms with Gasteiger partial charge in [0, 0.05) is 0 Å². The number of hydrogen-bond acceptors (Lipinski definition) is 21. The van der Waals surface area contributed by atoms with Crippen LogP contribution in [0.5, 0.6) is 0 Å². The predicted octanol–water partition coefficient (Wildman–Crippen LogP) is -10.1. The van der Waals surface area contributed by atoms with Crippen molar-refractivity contribution in [1.29, 1.82) is 0 Å². The maximum absolute atomic E-state index is 10.1. The van der Waals surface area contributed by atoms with Crippen molar-refractivity contribution < 1.29 is 106 Å². The normalized spacial score (nSPS) is 35.6. The number of carboxylic acids is 2. The van der Waals surface area contributed by atoms with Crippen LogP contribution in [0.15, 0.2) is 0 Å². The van der Waals surface area contributed by atoms with E-state index in [0.29, 0.717) is 0 Å². The molecule has 3 fully saturated rings. The molecule has 3 rings (SSSR count). The summed E-state index contributed by atoms with van der Waals surface area (Å²) < 4.78 is 15.3. The number of nitrogens with two attached hydrogens (primary N) is 1. The summed E-state index contributed by atoms with van der Waals surface area (Å²) in [5.74, 6) is -1.69. The van der Waals surface area contributed by atoms with Crippen LogP contribution < -0.4 is 11.1 Å². The maximum atomic E-state index is 10.1. The number of hydrogen-bond donors (Lipinski definition) is 18. The van der Waals surface area contributed by atoms with Crippen LogP contribution in [0.1, 0.15) is 12.8 Å². The molecule has 0 spiro atoms. The summed E-state index contributed by atoms with van der Waals surface area (Å²) >= 11 is 0. The van der Waals surface area contributed by atoms with E-state index in [1.54, 1.807) is 0 Å². The van der Waals surface area contributed by atoms with Gasteiger partial charge in [-0.3, -0.25) is 9.59 Å². The lowest BCUT2D eigenvalue weighted by molar-refractivity contribution is -0.355. The third-order valence-corrected chi connectivity index (χ3v) is 7.02. The number of rotatable bonds is 11. The van der Waals surface area contributed by atoms with Crippen molar-refractivity contribution in [1.82, 2.24) is 5.32 Å². The quantitative estimate of drug-likeness (QED) is 0.0944. The number of aliphatic hydroxyl groups is 14. The van der Waals surface area contributed by atoms with Crippen LogP contribution in [0.25, 0.3) is 0 Å². The highest BCUT2D eigenvalue weighted by atomic mass is 16.7. The van der Waals surface area contributed by atoms with Gasteiger partial charge in [-0.2, -0.15) is 0 Å². The summed E-state index contributed by atoms with van der Waals surface area (Å²) in [6, 6.07) is -0.269. The van der Waals surface area contributed by atoms with Crippen LogP contribution >= 0.6 is 0 Å². The maximum Gasteiger partial charge on any atom is 0.320 e. The number of nitrogens with one attached hydrogen (secondary N) is 1. The van der Waals surface area contributed by atoms with Gasteiger partial charge in [0.25, 0.3) is 0 Å². The fraction of sp³-hybridized carbons (Fsp3) is 0.920. The van der Waals surface area contributed by atoms with Crippen LogP contribution in [-0.2, 0) is 23.8 Å². The molecule has 0 saturated carbocycles. The fourth-order valence-electron chi connectivity index (χ4n) is 4.14. The highest BCUT2D eigenvalue weighted by Gasteiger charge is 2.50. The zero-order valence-electron chi connectivity index (χ0n) is 25.6. The molecular weight excluding hydrogens is 664 g/mol. The summed E-state index contributed by atoms with van der Waals surface area (Å²) in [7, 11) is 0. The molecular formula is C25H50N2O21. The lowest BCUT2D eigenvalue weighted by Crippen LogP contribution is -2.64. The predicted molar refractivity (Wildman–Crippen MR) is 152 cm³/mol. The molecule has 3 saturated heterocycles. The van der Waals surface area contributed by atoms with Crippen molar-refractivity contribution in [2.75, 3.05) is 39.5 Å². The summed E-state index contributed by atoms with van der Waals surface area (Å²) in [5.41, 5.74) is 4.57. The van der Waals surface area contributed by atoms with Crippen molar-refractivity contribution in [3.05, 3.63) is 0 Å². The molecule has 286 valence electrons. The number of carbonyl (C=O) groups is 2. The highest BCUT2D eigenvalue weighted by molar-refractivity contribution is 5.73. The van der Waals surface area contributed by atoms with E-state index < -0.39 is 124 Å². The van der Waals surface area contributed by atoms with Gasteiger partial charge >= 0.3 is 11.9 Å². The van der Waals surface area contributed by atoms with Gasteiger partial charge in [0.05, 0.1) is 33.0 Å². The Hall–Kier alpha value is -1.82. The van der Waals surface area contributed by atoms with E-state index in [4.69, 9.17) is 60.2 Å². The first kappa shape index (κ1) is 46.2. The average molecular weight is 715 g/mol. The van der Waals surface area contributed by atoms with E-state index in [1.807, 2.05) is 0 Å². The minimum Gasteiger partial charge on any atom is -0.480 e. The molecule has 3 aliphatic rings. The second-order valence-electron chi connectivity index (χ2n) is 10.6. The van der Waals surface area contributed by atoms with E-state index in [2.05, 4.69) is 11.1 Å².